The van der Waals surface area contributed by atoms with Crippen LogP contribution in [0.25, 0.3) is 0 Å². The highest BCUT2D eigenvalue weighted by Gasteiger charge is 2.46. The Kier molecular flexibility index (Phi) is 3.92. The zero-order valence-electron chi connectivity index (χ0n) is 14.3. The highest BCUT2D eigenvalue weighted by Crippen LogP contribution is 2.46. The van der Waals surface area contributed by atoms with E-state index in [1.807, 2.05) is 23.7 Å². The number of nitrogens with zero attached hydrogens (tertiary/aromatic N) is 1. The van der Waals surface area contributed by atoms with Crippen molar-refractivity contribution < 1.29 is 4.79 Å². The van der Waals surface area contributed by atoms with Gasteiger partial charge in [0.25, 0.3) is 0 Å². The lowest BCUT2D eigenvalue weighted by Crippen LogP contribution is -2.56. The summed E-state index contributed by atoms with van der Waals surface area (Å²) in [5.41, 5.74) is 3.03. The summed E-state index contributed by atoms with van der Waals surface area (Å²) in [6.45, 7) is 2.35. The minimum absolute atomic E-state index is 0.103. The first-order valence-corrected chi connectivity index (χ1v) is 9.51. The van der Waals surface area contributed by atoms with Crippen molar-refractivity contribution in [2.75, 3.05) is 7.05 Å². The lowest BCUT2D eigenvalue weighted by molar-refractivity contribution is -0.138. The van der Waals surface area contributed by atoms with Crippen LogP contribution in [-0.4, -0.2) is 23.9 Å². The van der Waals surface area contributed by atoms with E-state index in [0.717, 1.165) is 19.3 Å². The van der Waals surface area contributed by atoms with Gasteiger partial charge in [-0.15, -0.1) is 0 Å². The van der Waals surface area contributed by atoms with Crippen LogP contribution >= 0.6 is 11.8 Å². The van der Waals surface area contributed by atoms with Gasteiger partial charge in [-0.2, -0.15) is 0 Å². The van der Waals surface area contributed by atoms with E-state index in [-0.39, 0.29) is 5.41 Å². The Labute approximate surface area is 148 Å². The fourth-order valence-electron chi connectivity index (χ4n) is 4.45. The van der Waals surface area contributed by atoms with Gasteiger partial charge < -0.3 is 4.90 Å². The number of likely N-dealkylation sites (N-methyl/N-ethyl adjacent to an activating group) is 1. The van der Waals surface area contributed by atoms with Gasteiger partial charge in [0.15, 0.2) is 0 Å². The molecule has 0 radical (unpaired) electrons. The van der Waals surface area contributed by atoms with Crippen molar-refractivity contribution in [1.82, 2.24) is 4.90 Å². The van der Waals surface area contributed by atoms with Crippen molar-refractivity contribution >= 4 is 17.7 Å². The van der Waals surface area contributed by atoms with Crippen LogP contribution in [0.15, 0.2) is 58.3 Å². The average molecular weight is 337 g/mol. The predicted octanol–water partition coefficient (Wildman–Crippen LogP) is 4.66. The molecule has 1 amide bonds. The molecule has 4 rings (SSSR count). The van der Waals surface area contributed by atoms with E-state index >= 15 is 0 Å². The number of carbonyl (C=O) groups excluding carboxylic acids is 1. The summed E-state index contributed by atoms with van der Waals surface area (Å²) in [5.74, 6) is 0.303. The number of rotatable bonds is 2. The van der Waals surface area contributed by atoms with Gasteiger partial charge in [0.2, 0.25) is 5.91 Å². The highest BCUT2D eigenvalue weighted by molar-refractivity contribution is 7.99. The van der Waals surface area contributed by atoms with Crippen LogP contribution in [0, 0.1) is 0 Å². The lowest BCUT2D eigenvalue weighted by atomic mass is 9.63. The highest BCUT2D eigenvalue weighted by atomic mass is 32.2. The van der Waals surface area contributed by atoms with Crippen LogP contribution in [0.4, 0.5) is 0 Å². The molecule has 2 aromatic carbocycles. The molecular weight excluding hydrogens is 314 g/mol. The molecule has 0 spiro atoms. The first kappa shape index (κ1) is 15.8. The molecule has 2 nitrogen and oxygen atoms in total. The Bertz CT molecular complexity index is 773. The van der Waals surface area contributed by atoms with E-state index in [4.69, 9.17) is 0 Å². The summed E-state index contributed by atoms with van der Waals surface area (Å²) >= 11 is 1.83. The monoisotopic (exact) mass is 337 g/mol. The van der Waals surface area contributed by atoms with Crippen molar-refractivity contribution in [2.45, 2.75) is 53.9 Å². The van der Waals surface area contributed by atoms with E-state index in [1.54, 1.807) is 0 Å². The molecule has 0 N–H and O–H groups in total. The van der Waals surface area contributed by atoms with Gasteiger partial charge in [0, 0.05) is 34.7 Å². The minimum atomic E-state index is 0.103. The van der Waals surface area contributed by atoms with Gasteiger partial charge in [-0.05, 0) is 54.7 Å². The zero-order chi connectivity index (χ0) is 16.7. The largest absolute Gasteiger partial charge is 0.342 e. The number of aryl methyl sites for hydroxylation is 1. The van der Waals surface area contributed by atoms with Crippen molar-refractivity contribution in [3.63, 3.8) is 0 Å². The number of amides is 1. The molecule has 0 bridgehead atoms. The van der Waals surface area contributed by atoms with Gasteiger partial charge in [-0.1, -0.05) is 43.0 Å². The molecule has 2 aromatic rings. The van der Waals surface area contributed by atoms with Crippen LogP contribution in [0.5, 0.6) is 0 Å². The molecule has 1 aliphatic carbocycles. The second-order valence-electron chi connectivity index (χ2n) is 7.21. The van der Waals surface area contributed by atoms with Crippen molar-refractivity contribution in [1.29, 1.82) is 0 Å². The third kappa shape index (κ3) is 2.55. The molecule has 1 heterocycles. The summed E-state index contributed by atoms with van der Waals surface area (Å²) < 4.78 is 0. The molecule has 124 valence electrons. The molecule has 2 aliphatic rings. The second kappa shape index (κ2) is 5.96. The Morgan fingerprint density at radius 1 is 1.08 bits per heavy atom. The maximum atomic E-state index is 12.1. The quantitative estimate of drug-likeness (QED) is 0.794. The predicted molar refractivity (Wildman–Crippen MR) is 98.5 cm³/mol. The maximum Gasteiger partial charge on any atom is 0.222 e. The van der Waals surface area contributed by atoms with Crippen LogP contribution in [-0.2, 0) is 16.6 Å². The van der Waals surface area contributed by atoms with Gasteiger partial charge in [0.1, 0.15) is 0 Å². The van der Waals surface area contributed by atoms with E-state index in [1.165, 1.54) is 20.9 Å². The Balaban J connectivity index is 1.66. The summed E-state index contributed by atoms with van der Waals surface area (Å²) in [6, 6.07) is 17.8. The average Bonchev–Trinajstić information content (AvgIpc) is 2.59. The van der Waals surface area contributed by atoms with Crippen LogP contribution in [0.1, 0.15) is 37.3 Å². The molecule has 0 aromatic heterocycles. The first-order valence-electron chi connectivity index (χ1n) is 8.70. The molecule has 1 saturated heterocycles. The summed E-state index contributed by atoms with van der Waals surface area (Å²) in [7, 11) is 1.98. The zero-order valence-corrected chi connectivity index (χ0v) is 15.1. The van der Waals surface area contributed by atoms with E-state index in [2.05, 4.69) is 55.5 Å². The normalized spacial score (nSPS) is 26.0. The Morgan fingerprint density at radius 3 is 2.67 bits per heavy atom. The van der Waals surface area contributed by atoms with E-state index in [0.29, 0.717) is 18.4 Å². The number of hydrogen-bond donors (Lipinski definition) is 0. The number of fused-ring (bicyclic) bond motifs is 3. The van der Waals surface area contributed by atoms with Gasteiger partial charge in [-0.25, -0.2) is 0 Å². The van der Waals surface area contributed by atoms with Crippen LogP contribution in [0.3, 0.4) is 0 Å². The van der Waals surface area contributed by atoms with Crippen LogP contribution < -0.4 is 0 Å². The van der Waals surface area contributed by atoms with Crippen molar-refractivity contribution in [3.05, 3.63) is 59.7 Å². The number of benzene rings is 2. The fraction of sp³-hybridized carbons (Fsp3) is 0.381. The third-order valence-electron chi connectivity index (χ3n) is 5.81. The number of carbonyl (C=O) groups is 1. The van der Waals surface area contributed by atoms with Gasteiger partial charge in [0.05, 0.1) is 0 Å². The SMILES string of the molecule is CN1C(=O)CC[C@]2(C)c3ccc(Sc4ccccc4)cc3CCC12. The molecule has 1 aliphatic heterocycles. The topological polar surface area (TPSA) is 20.3 Å². The first-order chi connectivity index (χ1) is 11.6. The molecule has 2 atom stereocenters. The molecule has 0 saturated carbocycles. The van der Waals surface area contributed by atoms with Crippen LogP contribution in [0.2, 0.25) is 0 Å². The lowest BCUT2D eigenvalue weighted by Gasteiger charge is -2.50. The Morgan fingerprint density at radius 2 is 1.88 bits per heavy atom. The standard InChI is InChI=1S/C21H23NOS/c1-21-13-12-20(23)22(2)19(21)11-8-15-14-17(9-10-18(15)21)24-16-6-4-3-5-7-16/h3-7,9-10,14,19H,8,11-13H2,1-2H3/t19?,21-/m1/s1. The smallest absolute Gasteiger partial charge is 0.222 e. The van der Waals surface area contributed by atoms with Gasteiger partial charge >= 0.3 is 0 Å². The molecular formula is C21H23NOS. The molecule has 1 unspecified atom stereocenters. The molecule has 24 heavy (non-hydrogen) atoms. The van der Waals surface area contributed by atoms with Crippen molar-refractivity contribution in [2.24, 2.45) is 0 Å². The van der Waals surface area contributed by atoms with E-state index < -0.39 is 0 Å². The second-order valence-corrected chi connectivity index (χ2v) is 8.36. The van der Waals surface area contributed by atoms with Gasteiger partial charge in [-0.3, -0.25) is 4.79 Å². The van der Waals surface area contributed by atoms with Crippen molar-refractivity contribution in [3.8, 4) is 0 Å². The molecule has 1 fully saturated rings. The minimum Gasteiger partial charge on any atom is -0.342 e. The Hall–Kier alpha value is -1.74. The summed E-state index contributed by atoms with van der Waals surface area (Å²) in [5, 5.41) is 0. The number of likely N-dealkylation sites (tertiary alicyclic amines) is 1. The summed E-state index contributed by atoms with van der Waals surface area (Å²) in [6.07, 6.45) is 3.78. The third-order valence-corrected chi connectivity index (χ3v) is 6.81. The fourth-order valence-corrected chi connectivity index (χ4v) is 5.35. The number of hydrogen-bond acceptors (Lipinski definition) is 2. The number of piperidine rings is 1. The van der Waals surface area contributed by atoms with E-state index in [9.17, 15) is 4.79 Å². The summed E-state index contributed by atoms with van der Waals surface area (Å²) in [4.78, 5) is 16.7. The maximum absolute atomic E-state index is 12.1. The molecule has 3 heteroatoms.